The maximum absolute atomic E-state index is 13.0. The van der Waals surface area contributed by atoms with E-state index in [1.165, 1.54) is 180 Å². The van der Waals surface area contributed by atoms with E-state index in [4.69, 9.17) is 14.2 Å². The second kappa shape index (κ2) is 69.8. The summed E-state index contributed by atoms with van der Waals surface area (Å²) in [6.45, 7) is 6.52. The fourth-order valence-corrected chi connectivity index (χ4v) is 10.1. The lowest BCUT2D eigenvalue weighted by Crippen LogP contribution is -2.30. The fraction of sp³-hybridized carbons (Fsp3) is 0.750. The largest absolute Gasteiger partial charge is 0.462 e. The third kappa shape index (κ3) is 67.1. The van der Waals surface area contributed by atoms with Gasteiger partial charge in [0.25, 0.3) is 0 Å². The van der Waals surface area contributed by atoms with Crippen LogP contribution in [0.2, 0.25) is 0 Å². The first kappa shape index (κ1) is 78.3. The van der Waals surface area contributed by atoms with Crippen molar-refractivity contribution in [3.8, 4) is 0 Å². The molecule has 1 unspecified atom stereocenters. The van der Waals surface area contributed by atoms with Crippen LogP contribution >= 0.6 is 0 Å². The topological polar surface area (TPSA) is 78.9 Å². The zero-order valence-corrected chi connectivity index (χ0v) is 54.2. The molecule has 1 atom stereocenters. The number of allylic oxidation sites excluding steroid dienone is 16. The van der Waals surface area contributed by atoms with Gasteiger partial charge in [0, 0.05) is 19.3 Å². The Morgan fingerprint density at radius 1 is 0.256 bits per heavy atom. The normalized spacial score (nSPS) is 12.7. The lowest BCUT2D eigenvalue weighted by atomic mass is 10.0. The Balaban J connectivity index is 4.30. The molecule has 0 saturated carbocycles. The van der Waals surface area contributed by atoms with Gasteiger partial charge in [-0.25, -0.2) is 0 Å². The van der Waals surface area contributed by atoms with Gasteiger partial charge in [0.05, 0.1) is 0 Å². The van der Waals surface area contributed by atoms with Gasteiger partial charge in [0.15, 0.2) is 6.10 Å². The third-order valence-electron chi connectivity index (χ3n) is 15.3. The van der Waals surface area contributed by atoms with Gasteiger partial charge in [-0.3, -0.25) is 14.4 Å². The molecule has 0 aliphatic rings. The van der Waals surface area contributed by atoms with Gasteiger partial charge in [0.2, 0.25) is 0 Å². The Bertz CT molecular complexity index is 1590. The van der Waals surface area contributed by atoms with E-state index < -0.39 is 6.10 Å². The molecule has 0 rings (SSSR count). The summed E-state index contributed by atoms with van der Waals surface area (Å²) in [5.74, 6) is -0.898. The lowest BCUT2D eigenvalue weighted by molar-refractivity contribution is -0.167. The second-order valence-electron chi connectivity index (χ2n) is 23.4. The monoisotopic (exact) mass is 1140 g/mol. The summed E-state index contributed by atoms with van der Waals surface area (Å²) in [5, 5.41) is 0. The van der Waals surface area contributed by atoms with E-state index in [9.17, 15) is 14.4 Å². The molecule has 0 saturated heterocycles. The number of carbonyl (C=O) groups excluding carboxylic acids is 3. The van der Waals surface area contributed by atoms with E-state index in [0.717, 1.165) is 128 Å². The van der Waals surface area contributed by atoms with Crippen LogP contribution in [0.3, 0.4) is 0 Å². The van der Waals surface area contributed by atoms with Crippen LogP contribution in [0.5, 0.6) is 0 Å². The molecule has 0 heterocycles. The molecular formula is C76H132O6. The Hall–Kier alpha value is -3.67. The number of hydrogen-bond acceptors (Lipinski definition) is 6. The molecule has 0 amide bonds. The first-order valence-corrected chi connectivity index (χ1v) is 35.2. The van der Waals surface area contributed by atoms with E-state index >= 15 is 0 Å². The van der Waals surface area contributed by atoms with Crippen LogP contribution in [0.4, 0.5) is 0 Å². The summed E-state index contributed by atoms with van der Waals surface area (Å²) < 4.78 is 16.9. The average Bonchev–Trinajstić information content (AvgIpc) is 3.47. The molecule has 0 fully saturated rings. The Morgan fingerprint density at radius 2 is 0.476 bits per heavy atom. The summed E-state index contributed by atoms with van der Waals surface area (Å²) in [4.78, 5) is 38.4. The van der Waals surface area contributed by atoms with Crippen molar-refractivity contribution < 1.29 is 28.6 Å². The van der Waals surface area contributed by atoms with Gasteiger partial charge in [0.1, 0.15) is 13.2 Å². The number of hydrogen-bond donors (Lipinski definition) is 0. The van der Waals surface area contributed by atoms with E-state index in [0.29, 0.717) is 19.3 Å². The van der Waals surface area contributed by atoms with Gasteiger partial charge in [-0.05, 0) is 103 Å². The van der Waals surface area contributed by atoms with Gasteiger partial charge < -0.3 is 14.2 Å². The zero-order valence-electron chi connectivity index (χ0n) is 54.2. The van der Waals surface area contributed by atoms with Crippen LogP contribution in [0.1, 0.15) is 348 Å². The van der Waals surface area contributed by atoms with Crippen LogP contribution in [-0.2, 0) is 28.6 Å². The highest BCUT2D eigenvalue weighted by Crippen LogP contribution is 2.18. The number of ether oxygens (including phenoxy) is 3. The molecule has 0 aliphatic carbocycles. The number of esters is 3. The zero-order chi connectivity index (χ0) is 59.2. The molecule has 0 bridgehead atoms. The van der Waals surface area contributed by atoms with Gasteiger partial charge in [-0.15, -0.1) is 0 Å². The summed E-state index contributed by atoms with van der Waals surface area (Å²) in [7, 11) is 0. The minimum absolute atomic E-state index is 0.0856. The van der Waals surface area contributed by atoms with E-state index in [-0.39, 0.29) is 31.1 Å². The van der Waals surface area contributed by atoms with Gasteiger partial charge >= 0.3 is 17.9 Å². The maximum Gasteiger partial charge on any atom is 0.306 e. The molecule has 0 N–H and O–H groups in total. The van der Waals surface area contributed by atoms with E-state index in [1.54, 1.807) is 0 Å². The molecule has 0 radical (unpaired) electrons. The van der Waals surface area contributed by atoms with Crippen molar-refractivity contribution in [2.75, 3.05) is 13.2 Å². The van der Waals surface area contributed by atoms with Crippen molar-refractivity contribution in [3.63, 3.8) is 0 Å². The maximum atomic E-state index is 13.0. The molecule has 0 aromatic carbocycles. The average molecular weight is 1140 g/mol. The molecule has 0 spiro atoms. The van der Waals surface area contributed by atoms with Crippen LogP contribution in [0, 0.1) is 0 Å². The number of carbonyl (C=O) groups is 3. The SMILES string of the molecule is CC/C=C\C/C=C\C/C=C\C/C=C\C/C=C\C/C=C\C/C=C\CCCCCCCC(=O)OCC(COC(=O)CCCCCCC/C=C\CCCCC)OC(=O)CCCCCCCCCCCCCCCCCCCCCCCCCCC. The van der Waals surface area contributed by atoms with Crippen LogP contribution in [-0.4, -0.2) is 37.2 Å². The predicted molar refractivity (Wildman–Crippen MR) is 357 cm³/mol. The van der Waals surface area contributed by atoms with Crippen LogP contribution in [0.25, 0.3) is 0 Å². The van der Waals surface area contributed by atoms with E-state index in [2.05, 4.69) is 118 Å². The summed E-state index contributed by atoms with van der Waals surface area (Å²) in [6.07, 6.45) is 94.4. The first-order chi connectivity index (χ1) is 40.5. The molecule has 0 aliphatic heterocycles. The lowest BCUT2D eigenvalue weighted by Gasteiger charge is -2.18. The highest BCUT2D eigenvalue weighted by molar-refractivity contribution is 5.71. The Morgan fingerprint density at radius 3 is 0.780 bits per heavy atom. The smallest absolute Gasteiger partial charge is 0.306 e. The minimum atomic E-state index is -0.790. The molecule has 0 aromatic rings. The summed E-state index contributed by atoms with van der Waals surface area (Å²) >= 11 is 0. The predicted octanol–water partition coefficient (Wildman–Crippen LogP) is 24.4. The molecule has 6 nitrogen and oxygen atoms in total. The highest BCUT2D eigenvalue weighted by Gasteiger charge is 2.19. The van der Waals surface area contributed by atoms with Crippen LogP contribution < -0.4 is 0 Å². The van der Waals surface area contributed by atoms with Crippen molar-refractivity contribution in [1.82, 2.24) is 0 Å². The first-order valence-electron chi connectivity index (χ1n) is 35.2. The van der Waals surface area contributed by atoms with Crippen molar-refractivity contribution in [3.05, 3.63) is 97.2 Å². The van der Waals surface area contributed by atoms with E-state index in [1.807, 2.05) is 0 Å². The standard InChI is InChI=1S/C76H132O6/c1-4-7-10-13-16-19-22-25-27-29-31-33-35-37-38-40-41-43-45-47-49-51-54-57-60-63-66-69-75(78)81-72-73(71-80-74(77)68-65-62-59-56-53-24-21-18-15-12-9-6-3)82-76(79)70-67-64-61-58-55-52-50-48-46-44-42-39-36-34-32-30-28-26-23-20-17-14-11-8-5-2/h7,10,16,18-19,21,25,27,31,33,37-38,41,43,47,49,73H,4-6,8-9,11-15,17,20,22-24,26,28-30,32,34-36,39-40,42,44-46,48,50-72H2,1-3H3/b10-7-,19-16-,21-18-,27-25-,33-31-,38-37-,43-41-,49-47-. The summed E-state index contributed by atoms with van der Waals surface area (Å²) in [5.41, 5.74) is 0. The van der Waals surface area contributed by atoms with Crippen molar-refractivity contribution in [1.29, 1.82) is 0 Å². The number of rotatable bonds is 64. The van der Waals surface area contributed by atoms with Crippen molar-refractivity contribution in [2.24, 2.45) is 0 Å². The highest BCUT2D eigenvalue weighted by atomic mass is 16.6. The van der Waals surface area contributed by atoms with Gasteiger partial charge in [-0.1, -0.05) is 323 Å². The van der Waals surface area contributed by atoms with Gasteiger partial charge in [-0.2, -0.15) is 0 Å². The molecular weight excluding hydrogens is 1010 g/mol. The third-order valence-corrected chi connectivity index (χ3v) is 15.3. The van der Waals surface area contributed by atoms with Crippen LogP contribution in [0.15, 0.2) is 97.2 Å². The Labute approximate surface area is 508 Å². The molecule has 472 valence electrons. The second-order valence-corrected chi connectivity index (χ2v) is 23.4. The number of unbranched alkanes of at least 4 members (excludes halogenated alkanes) is 37. The molecule has 82 heavy (non-hydrogen) atoms. The minimum Gasteiger partial charge on any atom is -0.462 e. The molecule has 0 aromatic heterocycles. The quantitative estimate of drug-likeness (QED) is 0.0261. The Kier molecular flexibility index (Phi) is 66.7. The van der Waals surface area contributed by atoms with Crippen molar-refractivity contribution >= 4 is 17.9 Å². The summed E-state index contributed by atoms with van der Waals surface area (Å²) in [6, 6.07) is 0. The fourth-order valence-electron chi connectivity index (χ4n) is 10.1. The van der Waals surface area contributed by atoms with Crippen molar-refractivity contribution in [2.45, 2.75) is 354 Å². The molecule has 6 heteroatoms.